The summed E-state index contributed by atoms with van der Waals surface area (Å²) in [5.41, 5.74) is 0. The van der Waals surface area contributed by atoms with Crippen LogP contribution in [0, 0.1) is 0 Å². The van der Waals surface area contributed by atoms with Gasteiger partial charge < -0.3 is 10.2 Å². The van der Waals surface area contributed by atoms with Crippen LogP contribution in [0.2, 0.25) is 0 Å². The fourth-order valence-corrected chi connectivity index (χ4v) is 3.24. The van der Waals surface area contributed by atoms with Gasteiger partial charge in [0.05, 0.1) is 0 Å². The highest BCUT2D eigenvalue weighted by Crippen LogP contribution is 2.26. The van der Waals surface area contributed by atoms with Crippen LogP contribution in [0.1, 0.15) is 19.3 Å². The Morgan fingerprint density at radius 2 is 2.40 bits per heavy atom. The molecule has 2 heterocycles. The van der Waals surface area contributed by atoms with E-state index in [1.807, 2.05) is 5.38 Å². The van der Waals surface area contributed by atoms with Crippen molar-refractivity contribution in [2.75, 3.05) is 25.0 Å². The number of nitrogens with one attached hydrogen (secondary N) is 1. The Balaban J connectivity index is 2.02. The lowest BCUT2D eigenvalue weighted by molar-refractivity contribution is 0.566. The van der Waals surface area contributed by atoms with Gasteiger partial charge in [-0.25, -0.2) is 4.98 Å². The molecule has 3 nitrogen and oxygen atoms in total. The van der Waals surface area contributed by atoms with Gasteiger partial charge in [0.1, 0.15) is 4.60 Å². The van der Waals surface area contributed by atoms with Crippen LogP contribution in [0.3, 0.4) is 0 Å². The highest BCUT2D eigenvalue weighted by molar-refractivity contribution is 9.10. The summed E-state index contributed by atoms with van der Waals surface area (Å²) in [6.07, 6.45) is 3.75. The van der Waals surface area contributed by atoms with Gasteiger partial charge in [-0.05, 0) is 48.3 Å². The van der Waals surface area contributed by atoms with E-state index >= 15 is 0 Å². The van der Waals surface area contributed by atoms with E-state index in [1.165, 1.54) is 19.3 Å². The highest BCUT2D eigenvalue weighted by atomic mass is 79.9. The lowest BCUT2D eigenvalue weighted by atomic mass is 10.1. The molecule has 1 N–H and O–H groups in total. The lowest BCUT2D eigenvalue weighted by Crippen LogP contribution is -2.32. The molecule has 84 valence electrons. The Morgan fingerprint density at radius 3 is 3.13 bits per heavy atom. The summed E-state index contributed by atoms with van der Waals surface area (Å²) in [6, 6.07) is 0.637. The zero-order chi connectivity index (χ0) is 10.7. The molecular weight excluding hydrogens is 274 g/mol. The maximum absolute atomic E-state index is 4.46. The molecule has 0 aromatic carbocycles. The number of hydrogen-bond acceptors (Lipinski definition) is 4. The standard InChI is InChI=1S/C10H16BrN3S/c1-14(10-13-9(11)7-15-10)8-3-2-5-12-6-4-8/h7-8,12H,2-6H2,1H3. The van der Waals surface area contributed by atoms with Gasteiger partial charge in [0, 0.05) is 18.5 Å². The van der Waals surface area contributed by atoms with E-state index in [2.05, 4.69) is 38.2 Å². The Bertz CT molecular complexity index is 307. The van der Waals surface area contributed by atoms with E-state index < -0.39 is 0 Å². The first-order chi connectivity index (χ1) is 7.27. The van der Waals surface area contributed by atoms with Crippen molar-refractivity contribution in [3.8, 4) is 0 Å². The summed E-state index contributed by atoms with van der Waals surface area (Å²) in [5, 5.41) is 6.60. The van der Waals surface area contributed by atoms with E-state index in [9.17, 15) is 0 Å². The Labute approximate surface area is 103 Å². The second-order valence-electron chi connectivity index (χ2n) is 3.90. The van der Waals surface area contributed by atoms with Gasteiger partial charge in [0.25, 0.3) is 0 Å². The quantitative estimate of drug-likeness (QED) is 0.907. The Hall–Kier alpha value is -0.130. The molecule has 0 spiro atoms. The normalized spacial score (nSPS) is 22.4. The van der Waals surface area contributed by atoms with E-state index in [0.29, 0.717) is 6.04 Å². The van der Waals surface area contributed by atoms with Gasteiger partial charge in [0.15, 0.2) is 5.13 Å². The summed E-state index contributed by atoms with van der Waals surface area (Å²) in [5.74, 6) is 0. The van der Waals surface area contributed by atoms with Crippen molar-refractivity contribution < 1.29 is 0 Å². The monoisotopic (exact) mass is 289 g/mol. The van der Waals surface area contributed by atoms with E-state index in [1.54, 1.807) is 11.3 Å². The molecule has 1 aliphatic heterocycles. The molecule has 2 rings (SSSR count). The molecule has 1 aromatic heterocycles. The molecule has 0 aliphatic carbocycles. The fraction of sp³-hybridized carbons (Fsp3) is 0.700. The van der Waals surface area contributed by atoms with Crippen molar-refractivity contribution in [3.63, 3.8) is 0 Å². The lowest BCUT2D eigenvalue weighted by Gasteiger charge is -2.26. The molecule has 0 radical (unpaired) electrons. The molecule has 1 fully saturated rings. The van der Waals surface area contributed by atoms with Gasteiger partial charge >= 0.3 is 0 Å². The molecule has 1 unspecified atom stereocenters. The second kappa shape index (κ2) is 5.27. The summed E-state index contributed by atoms with van der Waals surface area (Å²) in [6.45, 7) is 2.29. The average Bonchev–Trinajstić information content (AvgIpc) is 2.53. The van der Waals surface area contributed by atoms with Crippen molar-refractivity contribution in [2.45, 2.75) is 25.3 Å². The predicted octanol–water partition coefficient (Wildman–Crippen LogP) is 2.48. The van der Waals surface area contributed by atoms with E-state index in [0.717, 1.165) is 22.8 Å². The number of nitrogens with zero attached hydrogens (tertiary/aromatic N) is 2. The van der Waals surface area contributed by atoms with Gasteiger partial charge in [-0.3, -0.25) is 0 Å². The number of rotatable bonds is 2. The van der Waals surface area contributed by atoms with Gasteiger partial charge in [-0.2, -0.15) is 0 Å². The first kappa shape index (κ1) is 11.4. The first-order valence-corrected chi connectivity index (χ1v) is 6.99. The van der Waals surface area contributed by atoms with Crippen LogP contribution < -0.4 is 10.2 Å². The SMILES string of the molecule is CN(c1nc(Br)cs1)C1CCCNCC1. The number of anilines is 1. The predicted molar refractivity (Wildman–Crippen MR) is 68.7 cm³/mol. The molecule has 1 aromatic rings. The van der Waals surface area contributed by atoms with Crippen molar-refractivity contribution in [1.82, 2.24) is 10.3 Å². The summed E-state index contributed by atoms with van der Waals surface area (Å²) >= 11 is 5.11. The van der Waals surface area contributed by atoms with E-state index in [-0.39, 0.29) is 0 Å². The number of aromatic nitrogens is 1. The molecule has 0 saturated carbocycles. The average molecular weight is 290 g/mol. The summed E-state index contributed by atoms with van der Waals surface area (Å²) < 4.78 is 0.945. The Kier molecular flexibility index (Phi) is 3.99. The van der Waals surface area contributed by atoms with Gasteiger partial charge in [-0.1, -0.05) is 0 Å². The molecule has 0 bridgehead atoms. The van der Waals surface area contributed by atoms with Crippen LogP contribution in [-0.2, 0) is 0 Å². The second-order valence-corrected chi connectivity index (χ2v) is 5.55. The smallest absolute Gasteiger partial charge is 0.186 e. The minimum absolute atomic E-state index is 0.637. The third kappa shape index (κ3) is 2.92. The topological polar surface area (TPSA) is 28.2 Å². The molecular formula is C10H16BrN3S. The molecule has 5 heteroatoms. The van der Waals surface area contributed by atoms with Crippen LogP contribution in [0.25, 0.3) is 0 Å². The minimum atomic E-state index is 0.637. The van der Waals surface area contributed by atoms with Crippen LogP contribution >= 0.6 is 27.3 Å². The summed E-state index contributed by atoms with van der Waals surface area (Å²) in [7, 11) is 2.15. The minimum Gasteiger partial charge on any atom is -0.348 e. The fourth-order valence-electron chi connectivity index (χ4n) is 1.95. The Morgan fingerprint density at radius 1 is 1.53 bits per heavy atom. The van der Waals surface area contributed by atoms with Crippen molar-refractivity contribution >= 4 is 32.4 Å². The van der Waals surface area contributed by atoms with Crippen molar-refractivity contribution in [1.29, 1.82) is 0 Å². The molecule has 1 aliphatic rings. The zero-order valence-electron chi connectivity index (χ0n) is 8.87. The number of thiazole rings is 1. The van der Waals surface area contributed by atoms with Crippen LogP contribution in [0.15, 0.2) is 9.98 Å². The number of halogens is 1. The zero-order valence-corrected chi connectivity index (χ0v) is 11.3. The van der Waals surface area contributed by atoms with Gasteiger partial charge in [0.2, 0.25) is 0 Å². The third-order valence-electron chi connectivity index (χ3n) is 2.86. The summed E-state index contributed by atoms with van der Waals surface area (Å²) in [4.78, 5) is 6.78. The highest BCUT2D eigenvalue weighted by Gasteiger charge is 2.18. The van der Waals surface area contributed by atoms with Crippen LogP contribution in [0.5, 0.6) is 0 Å². The molecule has 15 heavy (non-hydrogen) atoms. The third-order valence-corrected chi connectivity index (χ3v) is 4.50. The van der Waals surface area contributed by atoms with Gasteiger partial charge in [-0.15, -0.1) is 11.3 Å². The van der Waals surface area contributed by atoms with Crippen LogP contribution in [-0.4, -0.2) is 31.2 Å². The first-order valence-electron chi connectivity index (χ1n) is 5.32. The number of hydrogen-bond donors (Lipinski definition) is 1. The maximum atomic E-state index is 4.46. The molecule has 1 saturated heterocycles. The van der Waals surface area contributed by atoms with E-state index in [4.69, 9.17) is 0 Å². The van der Waals surface area contributed by atoms with Crippen LogP contribution in [0.4, 0.5) is 5.13 Å². The largest absolute Gasteiger partial charge is 0.348 e. The van der Waals surface area contributed by atoms with Crippen molar-refractivity contribution in [3.05, 3.63) is 9.98 Å². The molecule has 1 atom stereocenters. The van der Waals surface area contributed by atoms with Crippen molar-refractivity contribution in [2.24, 2.45) is 0 Å². The molecule has 0 amide bonds. The maximum Gasteiger partial charge on any atom is 0.186 e.